The summed E-state index contributed by atoms with van der Waals surface area (Å²) < 4.78 is 8.17. The Labute approximate surface area is 115 Å². The Morgan fingerprint density at radius 1 is 1.35 bits per heavy atom. The van der Waals surface area contributed by atoms with Crippen LogP contribution in [-0.4, -0.2) is 39.4 Å². The van der Waals surface area contributed by atoms with Crippen molar-refractivity contribution in [2.75, 3.05) is 20.3 Å². The Morgan fingerprint density at radius 3 is 2.85 bits per heavy atom. The van der Waals surface area contributed by atoms with Crippen molar-refractivity contribution in [1.82, 2.24) is 19.1 Å². The first-order chi connectivity index (χ1) is 9.69. The van der Waals surface area contributed by atoms with E-state index >= 15 is 0 Å². The fraction of sp³-hybridized carbons (Fsp3) is 0.583. The van der Waals surface area contributed by atoms with Gasteiger partial charge in [-0.25, -0.2) is 9.78 Å². The smallest absolute Gasteiger partial charge is 0.330 e. The predicted octanol–water partition coefficient (Wildman–Crippen LogP) is -0.728. The van der Waals surface area contributed by atoms with E-state index in [1.165, 1.54) is 4.57 Å². The molecule has 8 heteroatoms. The zero-order chi connectivity index (χ0) is 14.5. The molecule has 0 aliphatic rings. The highest BCUT2D eigenvalue weighted by Crippen LogP contribution is 2.07. The quantitative estimate of drug-likeness (QED) is 0.651. The lowest BCUT2D eigenvalue weighted by Gasteiger charge is -2.06. The molecule has 2 heterocycles. The molecule has 0 atom stereocenters. The monoisotopic (exact) mass is 281 g/mol. The van der Waals surface area contributed by atoms with E-state index in [9.17, 15) is 9.59 Å². The predicted molar refractivity (Wildman–Crippen MR) is 74.8 cm³/mol. The molecule has 0 unspecified atom stereocenters. The molecule has 0 aliphatic heterocycles. The van der Waals surface area contributed by atoms with Gasteiger partial charge in [-0.05, 0) is 19.4 Å². The van der Waals surface area contributed by atoms with E-state index in [-0.39, 0.29) is 0 Å². The summed E-state index contributed by atoms with van der Waals surface area (Å²) in [5, 5.41) is 0. The molecule has 0 aliphatic carbocycles. The van der Waals surface area contributed by atoms with Crippen LogP contribution in [0, 0.1) is 0 Å². The molecule has 0 saturated heterocycles. The molecule has 0 saturated carbocycles. The second-order valence-electron chi connectivity index (χ2n) is 4.51. The fourth-order valence-electron chi connectivity index (χ4n) is 2.13. The minimum Gasteiger partial charge on any atom is -0.385 e. The molecule has 0 spiro atoms. The minimum absolute atomic E-state index is 0.409. The van der Waals surface area contributed by atoms with Gasteiger partial charge in [-0.2, -0.15) is 0 Å². The van der Waals surface area contributed by atoms with Gasteiger partial charge in [-0.3, -0.25) is 14.3 Å². The summed E-state index contributed by atoms with van der Waals surface area (Å²) in [6.45, 7) is 2.13. The standard InChI is InChI=1S/C12H19N5O3/c1-20-7-3-6-17-10-9(11(18)15-12(17)19)16(8-14-10)5-2-4-13/h8H,2-7,13H2,1H3,(H,15,18,19). The number of methoxy groups -OCH3 is 1. The van der Waals surface area contributed by atoms with Gasteiger partial charge in [0.1, 0.15) is 0 Å². The van der Waals surface area contributed by atoms with Gasteiger partial charge in [0.05, 0.1) is 6.33 Å². The lowest BCUT2D eigenvalue weighted by Crippen LogP contribution is -2.31. The van der Waals surface area contributed by atoms with Crippen molar-refractivity contribution in [3.8, 4) is 0 Å². The first kappa shape index (κ1) is 14.5. The van der Waals surface area contributed by atoms with Gasteiger partial charge in [0.15, 0.2) is 11.2 Å². The molecule has 3 N–H and O–H groups in total. The van der Waals surface area contributed by atoms with Crippen molar-refractivity contribution in [2.24, 2.45) is 5.73 Å². The van der Waals surface area contributed by atoms with E-state index in [4.69, 9.17) is 10.5 Å². The molecule has 2 aromatic heterocycles. The number of ether oxygens (including phenoxy) is 1. The maximum absolute atomic E-state index is 11.9. The van der Waals surface area contributed by atoms with E-state index in [0.29, 0.717) is 43.8 Å². The Bertz CT molecular complexity index is 684. The summed E-state index contributed by atoms with van der Waals surface area (Å²) in [5.41, 5.74) is 5.44. The molecular formula is C12H19N5O3. The lowest BCUT2D eigenvalue weighted by molar-refractivity contribution is 0.190. The maximum atomic E-state index is 11.9. The molecular weight excluding hydrogens is 262 g/mol. The van der Waals surface area contributed by atoms with Gasteiger partial charge >= 0.3 is 5.69 Å². The van der Waals surface area contributed by atoms with Crippen LogP contribution in [0.4, 0.5) is 0 Å². The number of rotatable bonds is 7. The minimum atomic E-state index is -0.442. The molecule has 0 amide bonds. The molecule has 0 aromatic carbocycles. The number of hydrogen-bond acceptors (Lipinski definition) is 5. The van der Waals surface area contributed by atoms with E-state index < -0.39 is 11.2 Å². The van der Waals surface area contributed by atoms with Gasteiger partial charge in [-0.15, -0.1) is 0 Å². The summed E-state index contributed by atoms with van der Waals surface area (Å²) in [6.07, 6.45) is 2.99. The van der Waals surface area contributed by atoms with Crippen molar-refractivity contribution >= 4 is 11.2 Å². The molecule has 0 bridgehead atoms. The van der Waals surface area contributed by atoms with E-state index in [1.54, 1.807) is 18.0 Å². The Kier molecular flexibility index (Phi) is 4.70. The molecule has 2 rings (SSSR count). The highest BCUT2D eigenvalue weighted by molar-refractivity contribution is 5.69. The van der Waals surface area contributed by atoms with Gasteiger partial charge in [0.25, 0.3) is 5.56 Å². The summed E-state index contributed by atoms with van der Waals surface area (Å²) in [7, 11) is 1.60. The normalized spacial score (nSPS) is 11.3. The first-order valence-corrected chi connectivity index (χ1v) is 6.56. The average Bonchev–Trinajstić information content (AvgIpc) is 2.84. The molecule has 8 nitrogen and oxygen atoms in total. The third kappa shape index (κ3) is 2.81. The number of aryl methyl sites for hydroxylation is 2. The summed E-state index contributed by atoms with van der Waals surface area (Å²) in [5.74, 6) is 0. The van der Waals surface area contributed by atoms with Crippen LogP contribution in [-0.2, 0) is 17.8 Å². The van der Waals surface area contributed by atoms with E-state index in [1.807, 2.05) is 0 Å². The van der Waals surface area contributed by atoms with Crippen LogP contribution >= 0.6 is 0 Å². The van der Waals surface area contributed by atoms with Crippen molar-refractivity contribution < 1.29 is 4.74 Å². The number of imidazole rings is 1. The molecule has 20 heavy (non-hydrogen) atoms. The van der Waals surface area contributed by atoms with Crippen LogP contribution in [0.25, 0.3) is 11.2 Å². The Balaban J connectivity index is 2.45. The van der Waals surface area contributed by atoms with E-state index in [2.05, 4.69) is 9.97 Å². The second-order valence-corrected chi connectivity index (χ2v) is 4.51. The van der Waals surface area contributed by atoms with Crippen molar-refractivity contribution in [3.05, 3.63) is 27.2 Å². The number of nitrogens with two attached hydrogens (primary N) is 1. The van der Waals surface area contributed by atoms with Crippen LogP contribution in [0.15, 0.2) is 15.9 Å². The molecule has 0 radical (unpaired) electrons. The Morgan fingerprint density at radius 2 is 2.15 bits per heavy atom. The average molecular weight is 281 g/mol. The largest absolute Gasteiger partial charge is 0.385 e. The number of aromatic amines is 1. The van der Waals surface area contributed by atoms with Crippen LogP contribution in [0.1, 0.15) is 12.8 Å². The number of H-pyrrole nitrogens is 1. The third-order valence-electron chi connectivity index (χ3n) is 3.09. The summed E-state index contributed by atoms with van der Waals surface area (Å²) >= 11 is 0. The topological polar surface area (TPSA) is 108 Å². The molecule has 0 fully saturated rings. The van der Waals surface area contributed by atoms with E-state index in [0.717, 1.165) is 6.42 Å². The van der Waals surface area contributed by atoms with Crippen molar-refractivity contribution in [3.63, 3.8) is 0 Å². The van der Waals surface area contributed by atoms with Crippen LogP contribution in [0.5, 0.6) is 0 Å². The van der Waals surface area contributed by atoms with Crippen LogP contribution in [0.2, 0.25) is 0 Å². The van der Waals surface area contributed by atoms with Crippen molar-refractivity contribution in [2.45, 2.75) is 25.9 Å². The fourth-order valence-corrected chi connectivity index (χ4v) is 2.13. The van der Waals surface area contributed by atoms with Gasteiger partial charge in [0.2, 0.25) is 0 Å². The lowest BCUT2D eigenvalue weighted by atomic mass is 10.4. The zero-order valence-electron chi connectivity index (χ0n) is 11.5. The first-order valence-electron chi connectivity index (χ1n) is 6.56. The second kappa shape index (κ2) is 6.49. The van der Waals surface area contributed by atoms with Crippen molar-refractivity contribution in [1.29, 1.82) is 0 Å². The summed E-state index contributed by atoms with van der Waals surface area (Å²) in [6, 6.07) is 0. The maximum Gasteiger partial charge on any atom is 0.330 e. The zero-order valence-corrected chi connectivity index (χ0v) is 11.5. The number of hydrogen-bond donors (Lipinski definition) is 2. The SMILES string of the molecule is COCCCn1c(=O)[nH]c(=O)c2c1ncn2CCCN. The third-order valence-corrected chi connectivity index (χ3v) is 3.09. The number of aromatic nitrogens is 4. The van der Waals surface area contributed by atoms with Crippen LogP contribution in [0.3, 0.4) is 0 Å². The van der Waals surface area contributed by atoms with Crippen LogP contribution < -0.4 is 17.0 Å². The highest BCUT2D eigenvalue weighted by atomic mass is 16.5. The number of nitrogens with zero attached hydrogens (tertiary/aromatic N) is 3. The Hall–Kier alpha value is -1.93. The number of nitrogens with one attached hydrogen (secondary N) is 1. The van der Waals surface area contributed by atoms with Gasteiger partial charge < -0.3 is 15.0 Å². The number of fused-ring (bicyclic) bond motifs is 1. The molecule has 2 aromatic rings. The molecule has 110 valence electrons. The highest BCUT2D eigenvalue weighted by Gasteiger charge is 2.12. The van der Waals surface area contributed by atoms with Gasteiger partial charge in [-0.1, -0.05) is 0 Å². The van der Waals surface area contributed by atoms with Gasteiger partial charge in [0, 0.05) is 26.8 Å². The summed E-state index contributed by atoms with van der Waals surface area (Å²) in [4.78, 5) is 30.3.